The van der Waals surface area contributed by atoms with E-state index in [9.17, 15) is 9.18 Å². The van der Waals surface area contributed by atoms with Crippen molar-refractivity contribution in [1.82, 2.24) is 9.88 Å². The number of likely N-dealkylation sites (tertiary alicyclic amines) is 1. The minimum Gasteiger partial charge on any atom is -0.479 e. The molecule has 2 atom stereocenters. The summed E-state index contributed by atoms with van der Waals surface area (Å²) in [5.74, 6) is 0.786. The molecule has 0 N–H and O–H groups in total. The number of rotatable bonds is 5. The van der Waals surface area contributed by atoms with Gasteiger partial charge in [-0.1, -0.05) is 12.1 Å². The second-order valence-electron chi connectivity index (χ2n) is 6.22. The maximum Gasteiger partial charge on any atom is 0.263 e. The van der Waals surface area contributed by atoms with Crippen molar-refractivity contribution in [2.75, 3.05) is 13.1 Å². The van der Waals surface area contributed by atoms with E-state index in [1.54, 1.807) is 31.5 Å². The molecule has 0 aliphatic carbocycles. The summed E-state index contributed by atoms with van der Waals surface area (Å²) in [6.45, 7) is 3.23. The smallest absolute Gasteiger partial charge is 0.263 e. The second-order valence-corrected chi connectivity index (χ2v) is 6.22. The molecule has 2 aromatic rings. The third-order valence-corrected chi connectivity index (χ3v) is 4.33. The summed E-state index contributed by atoms with van der Waals surface area (Å²) in [7, 11) is 0. The highest BCUT2D eigenvalue weighted by Crippen LogP contribution is 2.22. The van der Waals surface area contributed by atoms with Crippen molar-refractivity contribution < 1.29 is 13.9 Å². The molecule has 3 rings (SSSR count). The van der Waals surface area contributed by atoms with E-state index in [0.29, 0.717) is 11.7 Å². The Kier molecular flexibility index (Phi) is 5.08. The third kappa shape index (κ3) is 4.10. The minimum absolute atomic E-state index is 0.000425. The highest BCUT2D eigenvalue weighted by molar-refractivity contribution is 5.81. The van der Waals surface area contributed by atoms with Gasteiger partial charge in [-0.2, -0.15) is 0 Å². The Morgan fingerprint density at radius 2 is 2.17 bits per heavy atom. The summed E-state index contributed by atoms with van der Waals surface area (Å²) in [6, 6.07) is 10.2. The van der Waals surface area contributed by atoms with Crippen LogP contribution in [0.2, 0.25) is 0 Å². The zero-order valence-electron chi connectivity index (χ0n) is 13.7. The molecule has 1 fully saturated rings. The molecule has 0 unspecified atom stereocenters. The van der Waals surface area contributed by atoms with Crippen LogP contribution in [0, 0.1) is 11.7 Å². The van der Waals surface area contributed by atoms with Crippen molar-refractivity contribution >= 4 is 5.91 Å². The standard InChI is InChI=1S/C19H21FN2O2/c1-14(24-18-3-2-9-21-12-18)19(23)22-10-8-16(13-22)11-15-4-6-17(20)7-5-15/h2-7,9,12,14,16H,8,10-11,13H2,1H3/t14-,16+/m1/s1. The number of carbonyl (C=O) groups is 1. The number of hydrogen-bond acceptors (Lipinski definition) is 3. The summed E-state index contributed by atoms with van der Waals surface area (Å²) >= 11 is 0. The summed E-state index contributed by atoms with van der Waals surface area (Å²) in [6.07, 6.45) is 4.56. The Bertz CT molecular complexity index is 676. The molecule has 1 aromatic carbocycles. The lowest BCUT2D eigenvalue weighted by atomic mass is 9.99. The van der Waals surface area contributed by atoms with Crippen molar-refractivity contribution in [2.24, 2.45) is 5.92 Å². The van der Waals surface area contributed by atoms with Crippen LogP contribution in [0.4, 0.5) is 4.39 Å². The SMILES string of the molecule is C[C@@H](Oc1cccnc1)C(=O)N1CC[C@@H](Cc2ccc(F)cc2)C1. The fourth-order valence-electron chi connectivity index (χ4n) is 3.08. The minimum atomic E-state index is -0.529. The van der Waals surface area contributed by atoms with Crippen LogP contribution in [0.25, 0.3) is 0 Å². The van der Waals surface area contributed by atoms with Gasteiger partial charge in [0.1, 0.15) is 11.6 Å². The Hall–Kier alpha value is -2.43. The van der Waals surface area contributed by atoms with Gasteiger partial charge in [-0.15, -0.1) is 0 Å². The third-order valence-electron chi connectivity index (χ3n) is 4.33. The number of halogens is 1. The first-order chi connectivity index (χ1) is 11.6. The molecule has 0 bridgehead atoms. The first-order valence-electron chi connectivity index (χ1n) is 8.22. The molecule has 2 heterocycles. The average molecular weight is 328 g/mol. The van der Waals surface area contributed by atoms with Gasteiger partial charge >= 0.3 is 0 Å². The van der Waals surface area contributed by atoms with Crippen LogP contribution < -0.4 is 4.74 Å². The molecule has 1 aliphatic rings. The molecule has 24 heavy (non-hydrogen) atoms. The number of ether oxygens (including phenoxy) is 1. The molecule has 0 spiro atoms. The Labute approximate surface area is 141 Å². The Morgan fingerprint density at radius 3 is 2.88 bits per heavy atom. The van der Waals surface area contributed by atoms with E-state index >= 15 is 0 Å². The van der Waals surface area contributed by atoms with E-state index in [1.165, 1.54) is 12.1 Å². The van der Waals surface area contributed by atoms with E-state index < -0.39 is 6.10 Å². The van der Waals surface area contributed by atoms with Crippen LogP contribution >= 0.6 is 0 Å². The highest BCUT2D eigenvalue weighted by atomic mass is 19.1. The number of carbonyl (C=O) groups excluding carboxylic acids is 1. The van der Waals surface area contributed by atoms with Gasteiger partial charge in [-0.25, -0.2) is 4.39 Å². The lowest BCUT2D eigenvalue weighted by Crippen LogP contribution is -2.39. The lowest BCUT2D eigenvalue weighted by molar-refractivity contribution is -0.137. The molecule has 5 heteroatoms. The fraction of sp³-hybridized carbons (Fsp3) is 0.368. The number of amides is 1. The molecule has 1 amide bonds. The maximum atomic E-state index is 13.0. The van der Waals surface area contributed by atoms with E-state index in [-0.39, 0.29) is 11.7 Å². The number of pyridine rings is 1. The van der Waals surface area contributed by atoms with Crippen LogP contribution in [-0.2, 0) is 11.2 Å². The number of aromatic nitrogens is 1. The molecular formula is C19H21FN2O2. The number of nitrogens with zero attached hydrogens (tertiary/aromatic N) is 2. The van der Waals surface area contributed by atoms with Gasteiger partial charge in [0.25, 0.3) is 5.91 Å². The molecule has 0 radical (unpaired) electrons. The van der Waals surface area contributed by atoms with E-state index in [2.05, 4.69) is 4.98 Å². The zero-order chi connectivity index (χ0) is 16.9. The van der Waals surface area contributed by atoms with Gasteiger partial charge in [-0.05, 0) is 55.5 Å². The fourth-order valence-corrected chi connectivity index (χ4v) is 3.08. The molecule has 4 nitrogen and oxygen atoms in total. The number of hydrogen-bond donors (Lipinski definition) is 0. The Morgan fingerprint density at radius 1 is 1.38 bits per heavy atom. The number of benzene rings is 1. The molecule has 126 valence electrons. The summed E-state index contributed by atoms with van der Waals surface area (Å²) in [5, 5.41) is 0. The first-order valence-corrected chi connectivity index (χ1v) is 8.22. The molecule has 1 aromatic heterocycles. The van der Waals surface area contributed by atoms with Crippen LogP contribution in [0.3, 0.4) is 0 Å². The average Bonchev–Trinajstić information content (AvgIpc) is 3.05. The van der Waals surface area contributed by atoms with Gasteiger partial charge in [0, 0.05) is 19.3 Å². The van der Waals surface area contributed by atoms with Crippen LogP contribution in [0.5, 0.6) is 5.75 Å². The van der Waals surface area contributed by atoms with Crippen molar-refractivity contribution in [3.63, 3.8) is 0 Å². The summed E-state index contributed by atoms with van der Waals surface area (Å²) < 4.78 is 18.6. The topological polar surface area (TPSA) is 42.4 Å². The predicted octanol–water partition coefficient (Wildman–Crippen LogP) is 3.08. The zero-order valence-corrected chi connectivity index (χ0v) is 13.7. The van der Waals surface area contributed by atoms with Crippen LogP contribution in [0.15, 0.2) is 48.8 Å². The maximum absolute atomic E-state index is 13.0. The molecule has 1 aliphatic heterocycles. The van der Waals surface area contributed by atoms with Crippen LogP contribution in [0.1, 0.15) is 18.9 Å². The molecular weight excluding hydrogens is 307 g/mol. The van der Waals surface area contributed by atoms with Gasteiger partial charge in [-0.3, -0.25) is 9.78 Å². The van der Waals surface area contributed by atoms with Crippen molar-refractivity contribution in [3.05, 3.63) is 60.2 Å². The van der Waals surface area contributed by atoms with Gasteiger partial charge in [0.15, 0.2) is 6.10 Å². The van der Waals surface area contributed by atoms with E-state index in [1.807, 2.05) is 17.0 Å². The first kappa shape index (κ1) is 16.4. The monoisotopic (exact) mass is 328 g/mol. The van der Waals surface area contributed by atoms with Crippen molar-refractivity contribution in [3.8, 4) is 5.75 Å². The van der Waals surface area contributed by atoms with Gasteiger partial charge in [0.2, 0.25) is 0 Å². The lowest BCUT2D eigenvalue weighted by Gasteiger charge is -2.21. The van der Waals surface area contributed by atoms with E-state index in [4.69, 9.17) is 4.74 Å². The van der Waals surface area contributed by atoms with Crippen molar-refractivity contribution in [2.45, 2.75) is 25.9 Å². The summed E-state index contributed by atoms with van der Waals surface area (Å²) in [4.78, 5) is 18.4. The predicted molar refractivity (Wildman–Crippen MR) is 89.1 cm³/mol. The molecule has 0 saturated carbocycles. The quantitative estimate of drug-likeness (QED) is 0.847. The normalized spacial score (nSPS) is 18.4. The van der Waals surface area contributed by atoms with E-state index in [0.717, 1.165) is 31.5 Å². The highest BCUT2D eigenvalue weighted by Gasteiger charge is 2.30. The summed E-state index contributed by atoms with van der Waals surface area (Å²) in [5.41, 5.74) is 1.11. The van der Waals surface area contributed by atoms with Gasteiger partial charge in [0.05, 0.1) is 6.20 Å². The largest absolute Gasteiger partial charge is 0.479 e. The molecule has 1 saturated heterocycles. The second kappa shape index (κ2) is 7.43. The Balaban J connectivity index is 1.52. The van der Waals surface area contributed by atoms with Gasteiger partial charge < -0.3 is 9.64 Å². The van der Waals surface area contributed by atoms with Crippen LogP contribution in [-0.4, -0.2) is 35.0 Å². The van der Waals surface area contributed by atoms with Crippen molar-refractivity contribution in [1.29, 1.82) is 0 Å².